The fraction of sp³-hybridized carbons (Fsp3) is 0.929. The van der Waals surface area contributed by atoms with Crippen LogP contribution in [0.2, 0.25) is 0 Å². The fourth-order valence-electron chi connectivity index (χ4n) is 1.90. The smallest absolute Gasteiger partial charge is 0.0386 e. The minimum Gasteiger partial charge on any atom is -0.0654 e. The summed E-state index contributed by atoms with van der Waals surface area (Å²) < 4.78 is 0. The van der Waals surface area contributed by atoms with Gasteiger partial charge in [-0.15, -0.1) is 0 Å². The lowest BCUT2D eigenvalue weighted by Gasteiger charge is -2.08. The second-order valence-corrected chi connectivity index (χ2v) is 4.61. The minimum absolute atomic E-state index is 0.937. The highest BCUT2D eigenvalue weighted by molar-refractivity contribution is 4.66. The molecule has 0 saturated carbocycles. The molecule has 0 saturated heterocycles. The van der Waals surface area contributed by atoms with Gasteiger partial charge in [0.25, 0.3) is 0 Å². The summed E-state index contributed by atoms with van der Waals surface area (Å²) in [5.41, 5.74) is 0. The monoisotopic (exact) mass is 197 g/mol. The molecule has 0 aliphatic carbocycles. The van der Waals surface area contributed by atoms with Crippen LogP contribution in [0.3, 0.4) is 0 Å². The van der Waals surface area contributed by atoms with E-state index >= 15 is 0 Å². The maximum Gasteiger partial charge on any atom is -0.0386 e. The van der Waals surface area contributed by atoms with Crippen molar-refractivity contribution in [3.05, 3.63) is 6.42 Å². The Morgan fingerprint density at radius 2 is 1.64 bits per heavy atom. The molecule has 0 aromatic carbocycles. The quantitative estimate of drug-likeness (QED) is 0.413. The van der Waals surface area contributed by atoms with Crippen molar-refractivity contribution in [3.63, 3.8) is 0 Å². The van der Waals surface area contributed by atoms with Gasteiger partial charge in [-0.3, -0.25) is 0 Å². The molecule has 0 nitrogen and oxygen atoms in total. The van der Waals surface area contributed by atoms with E-state index in [-0.39, 0.29) is 0 Å². The molecular weight excluding hydrogens is 168 g/mol. The van der Waals surface area contributed by atoms with Gasteiger partial charge in [0.2, 0.25) is 0 Å². The third kappa shape index (κ3) is 10.1. The molecule has 1 atom stereocenters. The van der Waals surface area contributed by atoms with Crippen LogP contribution in [-0.2, 0) is 0 Å². The predicted octanol–water partition coefficient (Wildman–Crippen LogP) is 5.38. The Morgan fingerprint density at radius 3 is 2.29 bits per heavy atom. The Bertz CT molecular complexity index is 96.2. The summed E-state index contributed by atoms with van der Waals surface area (Å²) in [6.45, 7) is 6.94. The van der Waals surface area contributed by atoms with Crippen LogP contribution < -0.4 is 0 Å². The first kappa shape index (κ1) is 14.0. The zero-order valence-electron chi connectivity index (χ0n) is 10.5. The Morgan fingerprint density at radius 1 is 0.857 bits per heavy atom. The van der Waals surface area contributed by atoms with Crippen molar-refractivity contribution in [3.8, 4) is 0 Å². The molecule has 0 aliphatic heterocycles. The lowest BCUT2D eigenvalue weighted by Crippen LogP contribution is -1.93. The van der Waals surface area contributed by atoms with Crippen LogP contribution in [0, 0.1) is 12.3 Å². The lowest BCUT2D eigenvalue weighted by atomic mass is 9.98. The van der Waals surface area contributed by atoms with E-state index in [0.717, 1.165) is 5.92 Å². The van der Waals surface area contributed by atoms with Gasteiger partial charge in [-0.1, -0.05) is 72.1 Å². The van der Waals surface area contributed by atoms with E-state index in [1.165, 1.54) is 57.8 Å². The maximum atomic E-state index is 2.50. The summed E-state index contributed by atoms with van der Waals surface area (Å²) in [5, 5.41) is 0. The summed E-state index contributed by atoms with van der Waals surface area (Å²) in [5.74, 6) is 0.937. The van der Waals surface area contributed by atoms with Gasteiger partial charge in [-0.25, -0.2) is 0 Å². The SMILES string of the molecule is CCCCCC[CH]CCC(C)CCC. The topological polar surface area (TPSA) is 0 Å². The minimum atomic E-state index is 0.937. The molecule has 14 heavy (non-hydrogen) atoms. The van der Waals surface area contributed by atoms with E-state index in [1.807, 2.05) is 0 Å². The van der Waals surface area contributed by atoms with Crippen LogP contribution in [0.5, 0.6) is 0 Å². The third-order valence-electron chi connectivity index (χ3n) is 2.91. The molecule has 0 heteroatoms. The Labute approximate surface area is 91.5 Å². The second kappa shape index (κ2) is 11.1. The van der Waals surface area contributed by atoms with Crippen molar-refractivity contribution in [1.29, 1.82) is 0 Å². The number of unbranched alkanes of at least 4 members (excludes halogenated alkanes) is 6. The molecule has 0 aromatic rings. The van der Waals surface area contributed by atoms with E-state index < -0.39 is 0 Å². The first-order chi connectivity index (χ1) is 6.81. The predicted molar refractivity (Wildman–Crippen MR) is 66.4 cm³/mol. The normalized spacial score (nSPS) is 13.1. The number of hydrogen-bond donors (Lipinski definition) is 0. The summed E-state index contributed by atoms with van der Waals surface area (Å²) in [4.78, 5) is 0. The molecule has 0 aliphatic rings. The average Bonchev–Trinajstić information content (AvgIpc) is 2.17. The molecule has 0 spiro atoms. The molecule has 0 N–H and O–H groups in total. The largest absolute Gasteiger partial charge is 0.0654 e. The van der Waals surface area contributed by atoms with Gasteiger partial charge in [0.1, 0.15) is 0 Å². The van der Waals surface area contributed by atoms with Gasteiger partial charge in [0, 0.05) is 0 Å². The Hall–Kier alpha value is 0. The summed E-state index contributed by atoms with van der Waals surface area (Å²) >= 11 is 0. The maximum absolute atomic E-state index is 2.50. The first-order valence-corrected chi connectivity index (χ1v) is 6.62. The molecule has 0 heterocycles. The van der Waals surface area contributed by atoms with Crippen molar-refractivity contribution in [2.75, 3.05) is 0 Å². The first-order valence-electron chi connectivity index (χ1n) is 6.62. The van der Waals surface area contributed by atoms with Gasteiger partial charge in [0.05, 0.1) is 0 Å². The third-order valence-corrected chi connectivity index (χ3v) is 2.91. The molecule has 1 unspecified atom stereocenters. The highest BCUT2D eigenvalue weighted by Gasteiger charge is 1.99. The van der Waals surface area contributed by atoms with Crippen LogP contribution >= 0.6 is 0 Å². The van der Waals surface area contributed by atoms with E-state index in [1.54, 1.807) is 0 Å². The van der Waals surface area contributed by atoms with E-state index in [4.69, 9.17) is 0 Å². The molecule has 0 aromatic heterocycles. The highest BCUT2D eigenvalue weighted by atomic mass is 14.1. The lowest BCUT2D eigenvalue weighted by molar-refractivity contribution is 0.479. The molecular formula is C14H29. The van der Waals surface area contributed by atoms with Crippen LogP contribution in [0.4, 0.5) is 0 Å². The van der Waals surface area contributed by atoms with E-state index in [2.05, 4.69) is 27.2 Å². The van der Waals surface area contributed by atoms with Crippen LogP contribution in [-0.4, -0.2) is 0 Å². The highest BCUT2D eigenvalue weighted by Crippen LogP contribution is 2.15. The number of hydrogen-bond acceptors (Lipinski definition) is 0. The van der Waals surface area contributed by atoms with Crippen molar-refractivity contribution in [1.82, 2.24) is 0 Å². The Kier molecular flexibility index (Phi) is 11.1. The molecule has 0 rings (SSSR count). The second-order valence-electron chi connectivity index (χ2n) is 4.61. The van der Waals surface area contributed by atoms with Crippen LogP contribution in [0.15, 0.2) is 0 Å². The van der Waals surface area contributed by atoms with Gasteiger partial charge in [0.15, 0.2) is 0 Å². The van der Waals surface area contributed by atoms with Crippen LogP contribution in [0.1, 0.15) is 78.6 Å². The molecule has 1 radical (unpaired) electrons. The summed E-state index contributed by atoms with van der Waals surface area (Å²) in [6, 6.07) is 0. The zero-order valence-corrected chi connectivity index (χ0v) is 10.5. The van der Waals surface area contributed by atoms with Gasteiger partial charge in [-0.2, -0.15) is 0 Å². The molecule has 85 valence electrons. The van der Waals surface area contributed by atoms with Crippen molar-refractivity contribution < 1.29 is 0 Å². The van der Waals surface area contributed by atoms with E-state index in [0.29, 0.717) is 0 Å². The van der Waals surface area contributed by atoms with Crippen molar-refractivity contribution in [2.45, 2.75) is 78.6 Å². The Balaban J connectivity index is 2.98. The van der Waals surface area contributed by atoms with Gasteiger partial charge in [-0.05, 0) is 18.8 Å². The van der Waals surface area contributed by atoms with Gasteiger partial charge >= 0.3 is 0 Å². The molecule has 0 fully saturated rings. The summed E-state index contributed by atoms with van der Waals surface area (Å²) in [6.07, 6.45) is 15.0. The zero-order chi connectivity index (χ0) is 10.6. The van der Waals surface area contributed by atoms with Crippen molar-refractivity contribution in [2.24, 2.45) is 5.92 Å². The van der Waals surface area contributed by atoms with Gasteiger partial charge < -0.3 is 0 Å². The average molecular weight is 197 g/mol. The standard InChI is InChI=1S/C14H29/c1-4-6-7-8-9-10-11-13-14(3)12-5-2/h10,14H,4-9,11-13H2,1-3H3. The van der Waals surface area contributed by atoms with E-state index in [9.17, 15) is 0 Å². The molecule has 0 bridgehead atoms. The van der Waals surface area contributed by atoms with Crippen LogP contribution in [0.25, 0.3) is 0 Å². The van der Waals surface area contributed by atoms with Crippen molar-refractivity contribution >= 4 is 0 Å². The number of rotatable bonds is 10. The summed E-state index contributed by atoms with van der Waals surface area (Å²) in [7, 11) is 0. The molecule has 0 amide bonds. The fourth-order valence-corrected chi connectivity index (χ4v) is 1.90.